The van der Waals surface area contributed by atoms with Crippen LogP contribution in [0.4, 0.5) is 0 Å². The van der Waals surface area contributed by atoms with Crippen LogP contribution in [0.5, 0.6) is 0 Å². The fourth-order valence-electron chi connectivity index (χ4n) is 8.02. The Morgan fingerprint density at radius 3 is 0.750 bits per heavy atom. The van der Waals surface area contributed by atoms with E-state index in [-0.39, 0.29) is 0 Å². The zero-order valence-corrected chi connectivity index (χ0v) is 32.9. The Morgan fingerprint density at radius 2 is 0.483 bits per heavy atom. The summed E-state index contributed by atoms with van der Waals surface area (Å²) in [6.07, 6.45) is 3.79. The molecule has 0 aliphatic rings. The highest BCUT2D eigenvalue weighted by molar-refractivity contribution is 5.76. The Kier molecular flexibility index (Phi) is 9.92. The molecule has 0 bridgehead atoms. The molecule has 4 heterocycles. The van der Waals surface area contributed by atoms with Crippen LogP contribution in [0.15, 0.2) is 243 Å². The van der Waals surface area contributed by atoms with Crippen LogP contribution in [0.25, 0.3) is 90.0 Å². The van der Waals surface area contributed by atoms with Crippen LogP contribution >= 0.6 is 0 Å². The van der Waals surface area contributed by atoms with Gasteiger partial charge in [0.15, 0.2) is 0 Å². The van der Waals surface area contributed by atoms with Crippen molar-refractivity contribution in [1.29, 1.82) is 0 Å². The number of hydrogen-bond donors (Lipinski definition) is 0. The summed E-state index contributed by atoms with van der Waals surface area (Å²) in [7, 11) is 0. The SMILES string of the molecule is c1ccc(-c2cc(-c3ccccc3)[n+](-c3ccnc(-c4cc(-[n+]5c(-c6ccccc6)cc(-c6ccccc6)cc5-c5ccccc5)ccn4)c3)c(-c3ccccc3)c2)cc1. The molecule has 10 rings (SSSR count). The van der Waals surface area contributed by atoms with Crippen LogP contribution < -0.4 is 9.13 Å². The molecule has 0 aliphatic carbocycles. The van der Waals surface area contributed by atoms with Gasteiger partial charge in [0, 0.05) is 83.2 Å². The van der Waals surface area contributed by atoms with E-state index in [4.69, 9.17) is 9.97 Å². The molecule has 0 fully saturated rings. The number of nitrogens with zero attached hydrogens (tertiary/aromatic N) is 4. The number of aromatic nitrogens is 4. The van der Waals surface area contributed by atoms with Crippen LogP contribution in [0.3, 0.4) is 0 Å². The van der Waals surface area contributed by atoms with Gasteiger partial charge >= 0.3 is 0 Å². The van der Waals surface area contributed by atoms with Crippen molar-refractivity contribution >= 4 is 0 Å². The van der Waals surface area contributed by atoms with Gasteiger partial charge in [0.1, 0.15) is 0 Å². The van der Waals surface area contributed by atoms with Gasteiger partial charge in [-0.1, -0.05) is 133 Å². The molecule has 0 radical (unpaired) electrons. The van der Waals surface area contributed by atoms with Crippen molar-refractivity contribution in [3.8, 4) is 90.0 Å². The average Bonchev–Trinajstić information content (AvgIpc) is 3.35. The zero-order chi connectivity index (χ0) is 40.1. The molecule has 0 saturated carbocycles. The minimum atomic E-state index is 0.774. The topological polar surface area (TPSA) is 33.5 Å². The lowest BCUT2D eigenvalue weighted by molar-refractivity contribution is -0.572. The van der Waals surface area contributed by atoms with Gasteiger partial charge in [0.05, 0.1) is 11.4 Å². The summed E-state index contributed by atoms with van der Waals surface area (Å²) in [4.78, 5) is 9.94. The first kappa shape index (κ1) is 36.3. The second-order valence-corrected chi connectivity index (χ2v) is 14.7. The van der Waals surface area contributed by atoms with Crippen LogP contribution in [0.2, 0.25) is 0 Å². The van der Waals surface area contributed by atoms with Crippen LogP contribution in [0, 0.1) is 0 Å². The Bertz CT molecular complexity index is 2710. The molecule has 4 aromatic heterocycles. The van der Waals surface area contributed by atoms with E-state index in [1.165, 1.54) is 0 Å². The summed E-state index contributed by atoms with van der Waals surface area (Å²) in [6.45, 7) is 0. The minimum Gasteiger partial charge on any atom is -0.254 e. The van der Waals surface area contributed by atoms with Crippen molar-refractivity contribution in [2.75, 3.05) is 0 Å². The van der Waals surface area contributed by atoms with Crippen LogP contribution in [-0.2, 0) is 0 Å². The van der Waals surface area contributed by atoms with E-state index in [0.717, 1.165) is 90.0 Å². The van der Waals surface area contributed by atoms with E-state index in [9.17, 15) is 0 Å². The third-order valence-corrected chi connectivity index (χ3v) is 10.9. The molecule has 0 atom stereocenters. The summed E-state index contributed by atoms with van der Waals surface area (Å²) in [5.41, 5.74) is 16.9. The fourth-order valence-corrected chi connectivity index (χ4v) is 8.02. The molecule has 0 aliphatic heterocycles. The van der Waals surface area contributed by atoms with E-state index in [2.05, 4.69) is 240 Å². The molecule has 4 heteroatoms. The van der Waals surface area contributed by atoms with E-state index in [1.807, 2.05) is 12.4 Å². The van der Waals surface area contributed by atoms with Gasteiger partial charge < -0.3 is 0 Å². The standard InChI is InChI=1S/C56H40N4/c1-7-19-41(20-8-1)47-35-53(43-23-11-3-12-24-43)59(54(36-47)44-25-13-4-14-26-44)49-31-33-57-51(39-49)52-40-50(32-34-58-52)60-55(45-27-15-5-16-28-45)37-48(42-21-9-2-10-22-42)38-56(60)46-29-17-6-18-30-46/h1-40H/q+2. The zero-order valence-electron chi connectivity index (χ0n) is 32.9. The third-order valence-electron chi connectivity index (χ3n) is 10.9. The number of benzene rings is 6. The minimum absolute atomic E-state index is 0.774. The van der Waals surface area contributed by atoms with E-state index in [0.29, 0.717) is 0 Å². The molecule has 0 spiro atoms. The van der Waals surface area contributed by atoms with E-state index >= 15 is 0 Å². The Balaban J connectivity index is 1.17. The number of pyridine rings is 4. The molecule has 0 saturated heterocycles. The Labute approximate surface area is 350 Å². The first-order valence-electron chi connectivity index (χ1n) is 20.2. The molecule has 6 aromatic carbocycles. The highest BCUT2D eigenvalue weighted by Gasteiger charge is 2.28. The predicted octanol–water partition coefficient (Wildman–Crippen LogP) is 12.7. The monoisotopic (exact) mass is 768 g/mol. The molecular weight excluding hydrogens is 729 g/mol. The molecule has 60 heavy (non-hydrogen) atoms. The van der Waals surface area contributed by atoms with Gasteiger partial charge in [0.2, 0.25) is 34.2 Å². The van der Waals surface area contributed by atoms with Crippen molar-refractivity contribution < 1.29 is 9.13 Å². The first-order valence-corrected chi connectivity index (χ1v) is 20.2. The van der Waals surface area contributed by atoms with Gasteiger partial charge in [-0.15, -0.1) is 0 Å². The smallest absolute Gasteiger partial charge is 0.219 e. The lowest BCUT2D eigenvalue weighted by Gasteiger charge is -2.14. The predicted molar refractivity (Wildman–Crippen MR) is 243 cm³/mol. The van der Waals surface area contributed by atoms with Crippen LogP contribution in [-0.4, -0.2) is 9.97 Å². The number of rotatable bonds is 9. The normalized spacial score (nSPS) is 11.0. The lowest BCUT2D eigenvalue weighted by atomic mass is 9.98. The van der Waals surface area contributed by atoms with Crippen molar-refractivity contribution in [2.24, 2.45) is 0 Å². The molecule has 282 valence electrons. The largest absolute Gasteiger partial charge is 0.254 e. The highest BCUT2D eigenvalue weighted by atomic mass is 15.0. The van der Waals surface area contributed by atoms with E-state index in [1.54, 1.807) is 0 Å². The van der Waals surface area contributed by atoms with Crippen molar-refractivity contribution in [1.82, 2.24) is 9.97 Å². The summed E-state index contributed by atoms with van der Waals surface area (Å²) in [6, 6.07) is 81.4. The summed E-state index contributed by atoms with van der Waals surface area (Å²) in [5, 5.41) is 0. The molecule has 0 N–H and O–H groups in total. The maximum atomic E-state index is 4.97. The first-order chi connectivity index (χ1) is 29.8. The average molecular weight is 769 g/mol. The number of hydrogen-bond acceptors (Lipinski definition) is 2. The van der Waals surface area contributed by atoms with Crippen LogP contribution in [0.1, 0.15) is 0 Å². The lowest BCUT2D eigenvalue weighted by Crippen LogP contribution is -2.37. The van der Waals surface area contributed by atoms with Gasteiger partial charge in [-0.2, -0.15) is 9.13 Å². The Hall–Kier alpha value is -8.08. The maximum Gasteiger partial charge on any atom is 0.219 e. The van der Waals surface area contributed by atoms with E-state index < -0.39 is 0 Å². The summed E-state index contributed by atoms with van der Waals surface area (Å²) >= 11 is 0. The molecule has 0 amide bonds. The fraction of sp³-hybridized carbons (Fsp3) is 0. The van der Waals surface area contributed by atoms with Gasteiger partial charge in [-0.05, 0) is 70.8 Å². The van der Waals surface area contributed by atoms with Gasteiger partial charge in [-0.3, -0.25) is 9.97 Å². The maximum absolute atomic E-state index is 4.97. The second kappa shape index (κ2) is 16.4. The van der Waals surface area contributed by atoms with Gasteiger partial charge in [0.25, 0.3) is 0 Å². The van der Waals surface area contributed by atoms with Gasteiger partial charge in [-0.25, -0.2) is 0 Å². The summed E-state index contributed by atoms with van der Waals surface area (Å²) in [5.74, 6) is 0. The molecule has 10 aromatic rings. The van der Waals surface area contributed by atoms with Crippen molar-refractivity contribution in [2.45, 2.75) is 0 Å². The summed E-state index contributed by atoms with van der Waals surface area (Å²) < 4.78 is 4.70. The Morgan fingerprint density at radius 1 is 0.233 bits per heavy atom. The molecule has 0 unspecified atom stereocenters. The van der Waals surface area contributed by atoms with Crippen molar-refractivity contribution in [3.05, 3.63) is 243 Å². The third kappa shape index (κ3) is 7.30. The molecule has 4 nitrogen and oxygen atoms in total. The highest BCUT2D eigenvalue weighted by Crippen LogP contribution is 2.33. The van der Waals surface area contributed by atoms with Crippen molar-refractivity contribution in [3.63, 3.8) is 0 Å². The quantitative estimate of drug-likeness (QED) is 0.137. The molecular formula is C56H40N4+2. The second-order valence-electron chi connectivity index (χ2n) is 14.7.